The van der Waals surface area contributed by atoms with Crippen molar-refractivity contribution in [3.05, 3.63) is 64.7 Å². The highest BCUT2D eigenvalue weighted by Gasteiger charge is 2.32. The molecule has 0 bridgehead atoms. The summed E-state index contributed by atoms with van der Waals surface area (Å²) < 4.78 is 0. The van der Waals surface area contributed by atoms with E-state index in [2.05, 4.69) is 12.1 Å². The predicted molar refractivity (Wildman–Crippen MR) is 123 cm³/mol. The van der Waals surface area contributed by atoms with Crippen LogP contribution in [-0.2, 0) is 10.8 Å². The lowest BCUT2D eigenvalue weighted by Crippen LogP contribution is -2.32. The van der Waals surface area contributed by atoms with E-state index in [1.165, 1.54) is 0 Å². The van der Waals surface area contributed by atoms with Gasteiger partial charge in [-0.2, -0.15) is 0 Å². The number of aromatic hydroxyl groups is 1. The molecular weight excluding hydrogens is 372 g/mol. The Kier molecular flexibility index (Phi) is 5.81. The molecule has 0 saturated carbocycles. The Morgan fingerprint density at radius 3 is 2.07 bits per heavy atom. The van der Waals surface area contributed by atoms with Crippen LogP contribution in [0.5, 0.6) is 5.75 Å². The summed E-state index contributed by atoms with van der Waals surface area (Å²) in [6.07, 6.45) is 0.853. The Morgan fingerprint density at radius 1 is 1.03 bits per heavy atom. The first kappa shape index (κ1) is 22.1. The number of rotatable bonds is 4. The zero-order valence-electron chi connectivity index (χ0n) is 19.0. The zero-order chi connectivity index (χ0) is 22.3. The summed E-state index contributed by atoms with van der Waals surface area (Å²) in [4.78, 5) is 15.1. The van der Waals surface area contributed by atoms with Gasteiger partial charge in [0.05, 0.1) is 6.54 Å². The van der Waals surface area contributed by atoms with Crippen LogP contribution < -0.4 is 0 Å². The van der Waals surface area contributed by atoms with Gasteiger partial charge in [0.15, 0.2) is 5.78 Å². The van der Waals surface area contributed by atoms with Gasteiger partial charge in [0.1, 0.15) is 11.6 Å². The molecule has 2 aromatic rings. The van der Waals surface area contributed by atoms with Crippen LogP contribution >= 0.6 is 0 Å². The van der Waals surface area contributed by atoms with Gasteiger partial charge in [-0.05, 0) is 34.9 Å². The fraction of sp³-hybridized carbons (Fsp3) is 0.462. The third-order valence-electron chi connectivity index (χ3n) is 5.94. The minimum Gasteiger partial charge on any atom is -0.507 e. The smallest absolute Gasteiger partial charge is 0.182 e. The number of ketones is 1. The average molecular weight is 407 g/mol. The summed E-state index contributed by atoms with van der Waals surface area (Å²) in [6.45, 7) is 13.2. The molecule has 1 fully saturated rings. The second-order valence-corrected chi connectivity index (χ2v) is 10.4. The van der Waals surface area contributed by atoms with Crippen molar-refractivity contribution in [1.82, 2.24) is 4.90 Å². The number of carbonyl (C=O) groups excluding carboxylic acids is 1. The molecule has 3 rings (SSSR count). The van der Waals surface area contributed by atoms with E-state index >= 15 is 0 Å². The van der Waals surface area contributed by atoms with Gasteiger partial charge in [-0.25, -0.2) is 0 Å². The molecule has 4 heteroatoms. The van der Waals surface area contributed by atoms with E-state index in [9.17, 15) is 9.90 Å². The van der Waals surface area contributed by atoms with E-state index in [1.54, 1.807) is 0 Å². The van der Waals surface area contributed by atoms with Crippen molar-refractivity contribution in [3.8, 4) is 5.75 Å². The standard InChI is InChI=1S/C26H34N2O2/c1-25(2,3)20-14-18(15-21(23(20)30)26(4,5)6)22(29)16-28-13-12-19(24(28)27)17-10-8-7-9-11-17/h7-11,14-15,19,27,30H,12-13,16H2,1-6H3. The maximum atomic E-state index is 13.2. The molecule has 0 radical (unpaired) electrons. The van der Waals surface area contributed by atoms with E-state index in [4.69, 9.17) is 5.41 Å². The molecular formula is C26H34N2O2. The van der Waals surface area contributed by atoms with Crippen molar-refractivity contribution >= 4 is 11.6 Å². The van der Waals surface area contributed by atoms with Gasteiger partial charge in [0.25, 0.3) is 0 Å². The van der Waals surface area contributed by atoms with Gasteiger partial charge in [-0.15, -0.1) is 0 Å². The highest BCUT2D eigenvalue weighted by atomic mass is 16.3. The largest absolute Gasteiger partial charge is 0.507 e. The summed E-state index contributed by atoms with van der Waals surface area (Å²) in [6, 6.07) is 13.7. The molecule has 1 unspecified atom stereocenters. The molecule has 2 N–H and O–H groups in total. The summed E-state index contributed by atoms with van der Waals surface area (Å²) in [5.41, 5.74) is 2.76. The molecule has 0 amide bonds. The van der Waals surface area contributed by atoms with Crippen LogP contribution in [0.1, 0.15) is 80.9 Å². The number of phenols is 1. The topological polar surface area (TPSA) is 64.4 Å². The van der Waals surface area contributed by atoms with E-state index in [0.29, 0.717) is 17.9 Å². The summed E-state index contributed by atoms with van der Waals surface area (Å²) in [5.74, 6) is 0.837. The monoisotopic (exact) mass is 406 g/mol. The molecule has 1 atom stereocenters. The van der Waals surface area contributed by atoms with Crippen molar-refractivity contribution in [3.63, 3.8) is 0 Å². The summed E-state index contributed by atoms with van der Waals surface area (Å²) in [7, 11) is 0. The number of amidine groups is 1. The van der Waals surface area contributed by atoms with Crippen LogP contribution in [0.4, 0.5) is 0 Å². The maximum absolute atomic E-state index is 13.2. The SMILES string of the molecule is CC(C)(C)c1cc(C(=O)CN2CCC(c3ccccc3)C2=N)cc(C(C)(C)C)c1O. The minimum atomic E-state index is -0.279. The van der Waals surface area contributed by atoms with Crippen molar-refractivity contribution in [2.75, 3.05) is 13.1 Å². The molecule has 2 aromatic carbocycles. The second-order valence-electron chi connectivity index (χ2n) is 10.4. The first-order valence-electron chi connectivity index (χ1n) is 10.7. The van der Waals surface area contributed by atoms with E-state index in [-0.39, 0.29) is 34.8 Å². The Balaban J connectivity index is 1.88. The second kappa shape index (κ2) is 7.90. The average Bonchev–Trinajstić information content (AvgIpc) is 3.01. The number of phenolic OH excluding ortho intramolecular Hbond substituents is 1. The molecule has 0 spiro atoms. The lowest BCUT2D eigenvalue weighted by Gasteiger charge is -2.28. The van der Waals surface area contributed by atoms with Crippen molar-refractivity contribution in [2.24, 2.45) is 0 Å². The lowest BCUT2D eigenvalue weighted by atomic mass is 9.78. The number of nitrogens with zero attached hydrogens (tertiary/aromatic N) is 1. The van der Waals surface area contributed by atoms with Gasteiger partial charge in [0, 0.05) is 29.2 Å². The molecule has 30 heavy (non-hydrogen) atoms. The van der Waals surface area contributed by atoms with Crippen LogP contribution in [0.15, 0.2) is 42.5 Å². The Morgan fingerprint density at radius 2 is 1.57 bits per heavy atom. The molecule has 0 aromatic heterocycles. The molecule has 1 heterocycles. The maximum Gasteiger partial charge on any atom is 0.182 e. The van der Waals surface area contributed by atoms with Gasteiger partial charge < -0.3 is 10.0 Å². The van der Waals surface area contributed by atoms with Crippen LogP contribution in [0.25, 0.3) is 0 Å². The highest BCUT2D eigenvalue weighted by molar-refractivity contribution is 6.01. The fourth-order valence-corrected chi connectivity index (χ4v) is 4.14. The molecule has 160 valence electrons. The molecule has 0 aliphatic carbocycles. The van der Waals surface area contributed by atoms with Gasteiger partial charge in [0.2, 0.25) is 0 Å². The van der Waals surface area contributed by atoms with Crippen molar-refractivity contribution in [2.45, 2.75) is 64.7 Å². The number of likely N-dealkylation sites (tertiary alicyclic amines) is 1. The number of hydrogen-bond acceptors (Lipinski definition) is 3. The van der Waals surface area contributed by atoms with Crippen molar-refractivity contribution < 1.29 is 9.90 Å². The molecule has 4 nitrogen and oxygen atoms in total. The number of carbonyl (C=O) groups is 1. The number of Topliss-reactive ketones (excluding diaryl/α,β-unsaturated/α-hetero) is 1. The Labute approximate surface area is 180 Å². The third-order valence-corrected chi connectivity index (χ3v) is 5.94. The zero-order valence-corrected chi connectivity index (χ0v) is 19.0. The first-order chi connectivity index (χ1) is 13.9. The number of benzene rings is 2. The van der Waals surface area contributed by atoms with Crippen LogP contribution in [0.3, 0.4) is 0 Å². The van der Waals surface area contributed by atoms with Gasteiger partial charge in [-0.1, -0.05) is 71.9 Å². The first-order valence-corrected chi connectivity index (χ1v) is 10.7. The quantitative estimate of drug-likeness (QED) is 0.646. The van der Waals surface area contributed by atoms with Crippen LogP contribution in [0.2, 0.25) is 0 Å². The molecule has 1 aliphatic heterocycles. The fourth-order valence-electron chi connectivity index (χ4n) is 4.14. The van der Waals surface area contributed by atoms with Crippen LogP contribution in [0, 0.1) is 5.41 Å². The predicted octanol–water partition coefficient (Wildman–Crippen LogP) is 5.64. The van der Waals surface area contributed by atoms with Crippen LogP contribution in [-0.4, -0.2) is 34.7 Å². The number of nitrogens with one attached hydrogen (secondary N) is 1. The minimum absolute atomic E-state index is 0.00976. The van der Waals surface area contributed by atoms with Crippen molar-refractivity contribution in [1.29, 1.82) is 5.41 Å². The summed E-state index contributed by atoms with van der Waals surface area (Å²) >= 11 is 0. The molecule has 1 aliphatic rings. The highest BCUT2D eigenvalue weighted by Crippen LogP contribution is 2.40. The Hall–Kier alpha value is -2.62. The normalized spacial score (nSPS) is 17.5. The third kappa shape index (κ3) is 4.43. The van der Waals surface area contributed by atoms with Gasteiger partial charge >= 0.3 is 0 Å². The lowest BCUT2D eigenvalue weighted by molar-refractivity contribution is 0.0965. The molecule has 1 saturated heterocycles. The van der Waals surface area contributed by atoms with E-state index in [0.717, 1.165) is 23.1 Å². The van der Waals surface area contributed by atoms with E-state index in [1.807, 2.05) is 76.8 Å². The van der Waals surface area contributed by atoms with Gasteiger partial charge in [-0.3, -0.25) is 10.2 Å². The number of hydrogen-bond donors (Lipinski definition) is 2. The summed E-state index contributed by atoms with van der Waals surface area (Å²) in [5, 5.41) is 19.5. The van der Waals surface area contributed by atoms with E-state index < -0.39 is 0 Å². The Bertz CT molecular complexity index is 914.